The van der Waals surface area contributed by atoms with E-state index in [0.29, 0.717) is 29.6 Å². The number of anilines is 1. The number of hydrogen-bond donors (Lipinski definition) is 3. The highest BCUT2D eigenvalue weighted by atomic mass is 35.5. The number of primary amides is 1. The monoisotopic (exact) mass is 397 g/mol. The zero-order valence-corrected chi connectivity index (χ0v) is 15.7. The summed E-state index contributed by atoms with van der Waals surface area (Å²) in [5.74, 6) is 0.152. The van der Waals surface area contributed by atoms with E-state index in [0.717, 1.165) is 17.4 Å². The first kappa shape index (κ1) is 20.0. The summed E-state index contributed by atoms with van der Waals surface area (Å²) in [5, 5.41) is 3.39. The second kappa shape index (κ2) is 8.88. The molecule has 0 aliphatic carbocycles. The lowest BCUT2D eigenvalue weighted by atomic mass is 10.0. The van der Waals surface area contributed by atoms with Crippen molar-refractivity contribution in [3.63, 3.8) is 0 Å². The number of rotatable bonds is 9. The molecule has 0 fully saturated rings. The molecular formula is C17H20ClN3O4S. The highest BCUT2D eigenvalue weighted by molar-refractivity contribution is 7.92. The van der Waals surface area contributed by atoms with Crippen LogP contribution in [0.3, 0.4) is 0 Å². The van der Waals surface area contributed by atoms with Gasteiger partial charge in [0.2, 0.25) is 15.9 Å². The first-order chi connectivity index (χ1) is 12.2. The van der Waals surface area contributed by atoms with Gasteiger partial charge in [-0.05, 0) is 35.9 Å². The summed E-state index contributed by atoms with van der Waals surface area (Å²) < 4.78 is 31.0. The van der Waals surface area contributed by atoms with Gasteiger partial charge in [-0.15, -0.1) is 0 Å². The van der Waals surface area contributed by atoms with Gasteiger partial charge < -0.3 is 15.8 Å². The van der Waals surface area contributed by atoms with Crippen molar-refractivity contribution in [3.05, 3.63) is 47.5 Å². The molecule has 0 aliphatic heterocycles. The van der Waals surface area contributed by atoms with Gasteiger partial charge in [-0.1, -0.05) is 23.7 Å². The predicted octanol–water partition coefficient (Wildman–Crippen LogP) is 1.83. The van der Waals surface area contributed by atoms with E-state index in [2.05, 4.69) is 10.0 Å². The molecule has 0 aromatic heterocycles. The molecular weight excluding hydrogens is 378 g/mol. The van der Waals surface area contributed by atoms with Gasteiger partial charge in [-0.25, -0.2) is 8.42 Å². The Kier molecular flexibility index (Phi) is 6.84. The molecule has 7 nitrogen and oxygen atoms in total. The van der Waals surface area contributed by atoms with E-state index in [4.69, 9.17) is 22.1 Å². The summed E-state index contributed by atoms with van der Waals surface area (Å²) in [6.07, 6.45) is 1.09. The SMILES string of the molecule is CS(=O)(=O)Nc1cccc(-c2cc(Cl)ccc2OCCNCC(N)=O)c1. The molecule has 2 rings (SSSR count). The second-order valence-electron chi connectivity index (χ2n) is 5.59. The number of hydrogen-bond acceptors (Lipinski definition) is 5. The van der Waals surface area contributed by atoms with Gasteiger partial charge in [0, 0.05) is 22.8 Å². The van der Waals surface area contributed by atoms with Crippen molar-refractivity contribution in [2.75, 3.05) is 30.7 Å². The fourth-order valence-electron chi connectivity index (χ4n) is 2.26. The zero-order chi connectivity index (χ0) is 19.2. The molecule has 0 atom stereocenters. The number of carbonyl (C=O) groups excluding carboxylic acids is 1. The van der Waals surface area contributed by atoms with Gasteiger partial charge in [0.1, 0.15) is 12.4 Å². The highest BCUT2D eigenvalue weighted by Gasteiger charge is 2.10. The van der Waals surface area contributed by atoms with Crippen LogP contribution in [0.5, 0.6) is 5.75 Å². The lowest BCUT2D eigenvalue weighted by molar-refractivity contribution is -0.117. The van der Waals surface area contributed by atoms with Crippen LogP contribution in [0.2, 0.25) is 5.02 Å². The third kappa shape index (κ3) is 6.55. The van der Waals surface area contributed by atoms with E-state index in [1.54, 1.807) is 36.4 Å². The Hall–Kier alpha value is -2.29. The van der Waals surface area contributed by atoms with Gasteiger partial charge in [0.15, 0.2) is 0 Å². The molecule has 0 unspecified atom stereocenters. The molecule has 4 N–H and O–H groups in total. The minimum absolute atomic E-state index is 0.0794. The van der Waals surface area contributed by atoms with E-state index in [-0.39, 0.29) is 6.54 Å². The molecule has 0 radical (unpaired) electrons. The standard InChI is InChI=1S/C17H20ClN3O4S/c1-26(23,24)21-14-4-2-3-12(9-14)15-10-13(18)5-6-16(15)25-8-7-20-11-17(19)22/h2-6,9-10,20-21H,7-8,11H2,1H3,(H2,19,22). The predicted molar refractivity (Wildman–Crippen MR) is 103 cm³/mol. The van der Waals surface area contributed by atoms with E-state index >= 15 is 0 Å². The van der Waals surface area contributed by atoms with E-state index in [9.17, 15) is 13.2 Å². The summed E-state index contributed by atoms with van der Waals surface area (Å²) >= 11 is 6.10. The summed E-state index contributed by atoms with van der Waals surface area (Å²) in [6.45, 7) is 0.847. The molecule has 0 spiro atoms. The maximum absolute atomic E-state index is 11.4. The number of halogens is 1. The second-order valence-corrected chi connectivity index (χ2v) is 7.77. The van der Waals surface area contributed by atoms with Crippen LogP contribution in [0, 0.1) is 0 Å². The number of amides is 1. The molecule has 2 aromatic rings. The van der Waals surface area contributed by atoms with Gasteiger partial charge in [-0.2, -0.15) is 0 Å². The van der Waals surface area contributed by atoms with Crippen molar-refractivity contribution in [2.24, 2.45) is 5.73 Å². The van der Waals surface area contributed by atoms with E-state index < -0.39 is 15.9 Å². The molecule has 140 valence electrons. The molecule has 0 heterocycles. The quantitative estimate of drug-likeness (QED) is 0.559. The van der Waals surface area contributed by atoms with Crippen molar-refractivity contribution >= 4 is 33.2 Å². The molecule has 0 saturated heterocycles. The molecule has 1 amide bonds. The van der Waals surface area contributed by atoms with Crippen LogP contribution in [-0.4, -0.2) is 40.3 Å². The summed E-state index contributed by atoms with van der Waals surface area (Å²) in [7, 11) is -3.38. The van der Waals surface area contributed by atoms with Crippen LogP contribution in [-0.2, 0) is 14.8 Å². The topological polar surface area (TPSA) is 111 Å². The Labute approximate surface area is 157 Å². The largest absolute Gasteiger partial charge is 0.492 e. The number of carbonyl (C=O) groups is 1. The number of benzene rings is 2. The number of ether oxygens (including phenoxy) is 1. The van der Waals surface area contributed by atoms with Crippen LogP contribution < -0.4 is 20.5 Å². The zero-order valence-electron chi connectivity index (χ0n) is 14.2. The number of nitrogens with one attached hydrogen (secondary N) is 2. The van der Waals surface area contributed by atoms with Crippen LogP contribution in [0.1, 0.15) is 0 Å². The third-order valence-corrected chi connectivity index (χ3v) is 4.10. The number of nitrogens with two attached hydrogens (primary N) is 1. The lowest BCUT2D eigenvalue weighted by Crippen LogP contribution is -2.31. The van der Waals surface area contributed by atoms with E-state index in [1.165, 1.54) is 0 Å². The average Bonchev–Trinajstić information content (AvgIpc) is 2.54. The van der Waals surface area contributed by atoms with Crippen molar-refractivity contribution in [1.82, 2.24) is 5.32 Å². The Morgan fingerprint density at radius 3 is 2.69 bits per heavy atom. The smallest absolute Gasteiger partial charge is 0.231 e. The summed E-state index contributed by atoms with van der Waals surface area (Å²) in [4.78, 5) is 10.7. The summed E-state index contributed by atoms with van der Waals surface area (Å²) in [5.41, 5.74) is 6.98. The first-order valence-corrected chi connectivity index (χ1v) is 10.0. The lowest BCUT2D eigenvalue weighted by Gasteiger charge is -2.13. The Morgan fingerprint density at radius 2 is 2.00 bits per heavy atom. The maximum Gasteiger partial charge on any atom is 0.231 e. The van der Waals surface area contributed by atoms with Crippen LogP contribution in [0.25, 0.3) is 11.1 Å². The third-order valence-electron chi connectivity index (χ3n) is 3.25. The molecule has 0 aliphatic rings. The molecule has 0 saturated carbocycles. The van der Waals surface area contributed by atoms with Crippen molar-refractivity contribution in [2.45, 2.75) is 0 Å². The normalized spacial score (nSPS) is 11.2. The fourth-order valence-corrected chi connectivity index (χ4v) is 2.99. The number of sulfonamides is 1. The van der Waals surface area contributed by atoms with Gasteiger partial charge in [-0.3, -0.25) is 9.52 Å². The maximum atomic E-state index is 11.4. The van der Waals surface area contributed by atoms with Crippen molar-refractivity contribution in [3.8, 4) is 16.9 Å². The summed E-state index contributed by atoms with van der Waals surface area (Å²) in [6, 6.07) is 12.1. The molecule has 0 bridgehead atoms. The highest BCUT2D eigenvalue weighted by Crippen LogP contribution is 2.34. The minimum atomic E-state index is -3.38. The van der Waals surface area contributed by atoms with Gasteiger partial charge in [0.05, 0.1) is 12.8 Å². The minimum Gasteiger partial charge on any atom is -0.492 e. The Balaban J connectivity index is 2.19. The Bertz CT molecular complexity index is 887. The van der Waals surface area contributed by atoms with Gasteiger partial charge >= 0.3 is 0 Å². The van der Waals surface area contributed by atoms with Crippen molar-refractivity contribution < 1.29 is 17.9 Å². The average molecular weight is 398 g/mol. The first-order valence-electron chi connectivity index (χ1n) is 7.74. The fraction of sp³-hybridized carbons (Fsp3) is 0.235. The van der Waals surface area contributed by atoms with Gasteiger partial charge in [0.25, 0.3) is 0 Å². The molecule has 2 aromatic carbocycles. The van der Waals surface area contributed by atoms with Crippen LogP contribution in [0.4, 0.5) is 5.69 Å². The molecule has 26 heavy (non-hydrogen) atoms. The van der Waals surface area contributed by atoms with E-state index in [1.807, 2.05) is 6.07 Å². The molecule has 9 heteroatoms. The Morgan fingerprint density at radius 1 is 1.23 bits per heavy atom. The van der Waals surface area contributed by atoms with Crippen molar-refractivity contribution in [1.29, 1.82) is 0 Å². The van der Waals surface area contributed by atoms with Crippen LogP contribution >= 0.6 is 11.6 Å². The van der Waals surface area contributed by atoms with Crippen LogP contribution in [0.15, 0.2) is 42.5 Å².